The number of thiophene rings is 1. The van der Waals surface area contributed by atoms with Crippen LogP contribution in [0.5, 0.6) is 11.5 Å². The molecule has 0 aliphatic carbocycles. The lowest BCUT2D eigenvalue weighted by molar-refractivity contribution is -0.132. The van der Waals surface area contributed by atoms with Crippen molar-refractivity contribution in [2.45, 2.75) is 13.0 Å². The Balaban J connectivity index is 2.15. The molecule has 0 saturated carbocycles. The van der Waals surface area contributed by atoms with E-state index in [0.29, 0.717) is 37.6 Å². The third-order valence-corrected chi connectivity index (χ3v) is 5.59. The highest BCUT2D eigenvalue weighted by atomic mass is 32.1. The summed E-state index contributed by atoms with van der Waals surface area (Å²) in [5.74, 6) is 1.22. The molecule has 0 unspecified atom stereocenters. The van der Waals surface area contributed by atoms with Gasteiger partial charge in [0.15, 0.2) is 11.5 Å². The number of urea groups is 1. The Morgan fingerprint density at radius 3 is 2.42 bits per heavy atom. The lowest BCUT2D eigenvalue weighted by Crippen LogP contribution is -2.46. The number of amides is 3. The van der Waals surface area contributed by atoms with Gasteiger partial charge in [-0.15, -0.1) is 17.9 Å². The standard InChI is InChI=1S/C23H31N3O4S/c1-6-12-26(23(28)24(2)3)17-22(27)25(16-19-8-7-14-31-19)13-11-18-9-10-20(29-4)21(15-18)30-5/h6-10,14-15H,1,11-13,16-17H2,2-5H3. The summed E-state index contributed by atoms with van der Waals surface area (Å²) in [5.41, 5.74) is 1.04. The SMILES string of the molecule is C=CCN(CC(=O)N(CCc1ccc(OC)c(OC)c1)Cc1cccs1)C(=O)N(C)C. The maximum atomic E-state index is 13.2. The van der Waals surface area contributed by atoms with Crippen molar-refractivity contribution in [3.05, 3.63) is 58.8 Å². The first kappa shape index (κ1) is 24.3. The van der Waals surface area contributed by atoms with E-state index in [9.17, 15) is 9.59 Å². The summed E-state index contributed by atoms with van der Waals surface area (Å²) >= 11 is 1.61. The molecule has 1 aromatic heterocycles. The Hall–Kier alpha value is -3.00. The van der Waals surface area contributed by atoms with Crippen LogP contribution < -0.4 is 9.47 Å². The highest BCUT2D eigenvalue weighted by molar-refractivity contribution is 7.09. The van der Waals surface area contributed by atoms with E-state index in [4.69, 9.17) is 9.47 Å². The smallest absolute Gasteiger partial charge is 0.320 e. The van der Waals surface area contributed by atoms with E-state index in [1.807, 2.05) is 35.7 Å². The number of methoxy groups -OCH3 is 2. The second-order valence-corrected chi connectivity index (χ2v) is 8.21. The number of benzene rings is 1. The molecule has 7 nitrogen and oxygen atoms in total. The number of hydrogen-bond donors (Lipinski definition) is 0. The molecule has 1 aromatic carbocycles. The van der Waals surface area contributed by atoms with Crippen LogP contribution in [0, 0.1) is 0 Å². The lowest BCUT2D eigenvalue weighted by atomic mass is 10.1. The minimum atomic E-state index is -0.218. The highest BCUT2D eigenvalue weighted by Crippen LogP contribution is 2.27. The van der Waals surface area contributed by atoms with Crippen molar-refractivity contribution in [3.8, 4) is 11.5 Å². The van der Waals surface area contributed by atoms with Crippen LogP contribution in [0.1, 0.15) is 10.4 Å². The summed E-state index contributed by atoms with van der Waals surface area (Å²) < 4.78 is 10.7. The Morgan fingerprint density at radius 1 is 1.10 bits per heavy atom. The van der Waals surface area contributed by atoms with Crippen LogP contribution in [0.25, 0.3) is 0 Å². The van der Waals surface area contributed by atoms with Gasteiger partial charge in [-0.3, -0.25) is 4.79 Å². The van der Waals surface area contributed by atoms with Gasteiger partial charge in [0, 0.05) is 32.1 Å². The highest BCUT2D eigenvalue weighted by Gasteiger charge is 2.22. The van der Waals surface area contributed by atoms with Gasteiger partial charge in [0.2, 0.25) is 5.91 Å². The summed E-state index contributed by atoms with van der Waals surface area (Å²) in [6.07, 6.45) is 2.28. The Labute approximate surface area is 188 Å². The molecule has 0 radical (unpaired) electrons. The largest absolute Gasteiger partial charge is 0.493 e. The number of ether oxygens (including phenoxy) is 2. The molecule has 31 heavy (non-hydrogen) atoms. The molecular formula is C23H31N3O4S. The van der Waals surface area contributed by atoms with Crippen molar-refractivity contribution in [2.75, 3.05) is 47.9 Å². The third kappa shape index (κ3) is 7.03. The average molecular weight is 446 g/mol. The van der Waals surface area contributed by atoms with E-state index < -0.39 is 0 Å². The van der Waals surface area contributed by atoms with E-state index in [-0.39, 0.29) is 18.5 Å². The van der Waals surface area contributed by atoms with Crippen molar-refractivity contribution in [3.63, 3.8) is 0 Å². The van der Waals surface area contributed by atoms with Gasteiger partial charge in [-0.1, -0.05) is 18.2 Å². The number of carbonyl (C=O) groups is 2. The Bertz CT molecular complexity index is 868. The van der Waals surface area contributed by atoms with E-state index in [1.165, 1.54) is 9.80 Å². The van der Waals surface area contributed by atoms with E-state index >= 15 is 0 Å². The number of rotatable bonds is 11. The van der Waals surface area contributed by atoms with Gasteiger partial charge in [0.25, 0.3) is 0 Å². The van der Waals surface area contributed by atoms with Gasteiger partial charge in [0.05, 0.1) is 20.8 Å². The maximum Gasteiger partial charge on any atom is 0.320 e. The first-order chi connectivity index (χ1) is 14.9. The summed E-state index contributed by atoms with van der Waals surface area (Å²) in [5, 5.41) is 1.99. The molecule has 168 valence electrons. The number of hydrogen-bond acceptors (Lipinski definition) is 5. The van der Waals surface area contributed by atoms with Crippen LogP contribution in [-0.4, -0.2) is 74.6 Å². The third-order valence-electron chi connectivity index (χ3n) is 4.73. The monoisotopic (exact) mass is 445 g/mol. The molecule has 3 amide bonds. The molecule has 0 aliphatic rings. The van der Waals surface area contributed by atoms with Crippen LogP contribution in [-0.2, 0) is 17.8 Å². The van der Waals surface area contributed by atoms with Crippen LogP contribution in [0.4, 0.5) is 4.79 Å². The molecule has 0 N–H and O–H groups in total. The summed E-state index contributed by atoms with van der Waals surface area (Å²) in [6, 6.07) is 9.51. The van der Waals surface area contributed by atoms with Gasteiger partial charge in [-0.2, -0.15) is 0 Å². The second kappa shape index (κ2) is 12.0. The van der Waals surface area contributed by atoms with Crippen molar-refractivity contribution in [1.29, 1.82) is 0 Å². The van der Waals surface area contributed by atoms with E-state index in [0.717, 1.165) is 10.4 Å². The van der Waals surface area contributed by atoms with Crippen molar-refractivity contribution >= 4 is 23.3 Å². The molecule has 2 aromatic rings. The van der Waals surface area contributed by atoms with Crippen molar-refractivity contribution in [1.82, 2.24) is 14.7 Å². The molecule has 0 aliphatic heterocycles. The fourth-order valence-corrected chi connectivity index (χ4v) is 3.81. The number of carbonyl (C=O) groups excluding carboxylic acids is 2. The van der Waals surface area contributed by atoms with Crippen molar-refractivity contribution < 1.29 is 19.1 Å². The second-order valence-electron chi connectivity index (χ2n) is 7.18. The quantitative estimate of drug-likeness (QED) is 0.497. The minimum absolute atomic E-state index is 0.000340. The van der Waals surface area contributed by atoms with Gasteiger partial charge < -0.3 is 24.2 Å². The molecule has 8 heteroatoms. The van der Waals surface area contributed by atoms with Crippen molar-refractivity contribution in [2.24, 2.45) is 0 Å². The molecular weight excluding hydrogens is 414 g/mol. The average Bonchev–Trinajstić information content (AvgIpc) is 3.28. The zero-order valence-corrected chi connectivity index (χ0v) is 19.5. The summed E-state index contributed by atoms with van der Waals surface area (Å²) in [4.78, 5) is 31.4. The van der Waals surface area contributed by atoms with E-state index in [2.05, 4.69) is 6.58 Å². The predicted octanol–water partition coefficient (Wildman–Crippen LogP) is 3.51. The van der Waals surface area contributed by atoms with Gasteiger partial charge in [0.1, 0.15) is 6.54 Å². The molecule has 0 bridgehead atoms. The topological polar surface area (TPSA) is 62.3 Å². The van der Waals surface area contributed by atoms with Crippen LogP contribution >= 0.6 is 11.3 Å². The molecule has 0 spiro atoms. The zero-order valence-electron chi connectivity index (χ0n) is 18.7. The normalized spacial score (nSPS) is 10.3. The fourth-order valence-electron chi connectivity index (χ4n) is 3.10. The summed E-state index contributed by atoms with van der Waals surface area (Å²) in [7, 11) is 6.54. The molecule has 0 saturated heterocycles. The molecule has 0 atom stereocenters. The van der Waals surface area contributed by atoms with E-state index in [1.54, 1.807) is 50.6 Å². The minimum Gasteiger partial charge on any atom is -0.493 e. The maximum absolute atomic E-state index is 13.2. The lowest BCUT2D eigenvalue weighted by Gasteiger charge is -2.28. The first-order valence-corrected chi connectivity index (χ1v) is 10.9. The predicted molar refractivity (Wildman–Crippen MR) is 124 cm³/mol. The molecule has 1 heterocycles. The van der Waals surface area contributed by atoms with Gasteiger partial charge >= 0.3 is 6.03 Å². The first-order valence-electron chi connectivity index (χ1n) is 9.97. The van der Waals surface area contributed by atoms with Gasteiger partial charge in [-0.25, -0.2) is 4.79 Å². The van der Waals surface area contributed by atoms with Gasteiger partial charge in [-0.05, 0) is 35.6 Å². The van der Waals surface area contributed by atoms with Crippen LogP contribution in [0.2, 0.25) is 0 Å². The molecule has 2 rings (SSSR count). The van der Waals surface area contributed by atoms with Crippen LogP contribution in [0.15, 0.2) is 48.4 Å². The summed E-state index contributed by atoms with van der Waals surface area (Å²) in [6.45, 7) is 5.03. The Morgan fingerprint density at radius 2 is 1.84 bits per heavy atom. The zero-order chi connectivity index (χ0) is 22.8. The fraction of sp³-hybridized carbons (Fsp3) is 0.391. The Kier molecular flexibility index (Phi) is 9.40. The van der Waals surface area contributed by atoms with Crippen LogP contribution in [0.3, 0.4) is 0 Å². The number of nitrogens with zero attached hydrogens (tertiary/aromatic N) is 3. The molecule has 0 fully saturated rings.